The quantitative estimate of drug-likeness (QED) is 0.156. The number of carboxylic acid groups (broad SMARTS) is 1. The molecule has 1 aliphatic heterocycles. The summed E-state index contributed by atoms with van der Waals surface area (Å²) in [5.41, 5.74) is -2.90. The Kier molecular flexibility index (Phi) is 10.4. The van der Waals surface area contributed by atoms with Crippen molar-refractivity contribution >= 4 is 59.0 Å². The highest BCUT2D eigenvalue weighted by Gasteiger charge is 2.39. The van der Waals surface area contributed by atoms with Gasteiger partial charge in [-0.1, -0.05) is 35.6 Å². The number of amidine groups is 1. The van der Waals surface area contributed by atoms with Crippen LogP contribution in [-0.2, 0) is 24.5 Å². The van der Waals surface area contributed by atoms with Crippen LogP contribution in [0.4, 0.5) is 9.18 Å². The van der Waals surface area contributed by atoms with Crippen LogP contribution in [0.3, 0.4) is 0 Å². The first-order valence-electron chi connectivity index (χ1n) is 11.8. The molecule has 0 radical (unpaired) electrons. The molecule has 0 bridgehead atoms. The summed E-state index contributed by atoms with van der Waals surface area (Å²) >= 11 is 4.00. The van der Waals surface area contributed by atoms with Gasteiger partial charge in [-0.3, -0.25) is 0 Å². The number of carbonyl (C=O) groups is 3. The van der Waals surface area contributed by atoms with Crippen LogP contribution in [0.15, 0.2) is 32.6 Å². The number of esters is 1. The Labute approximate surface area is 235 Å². The average Bonchev–Trinajstić information content (AvgIpc) is 2.77. The predicted molar refractivity (Wildman–Crippen MR) is 151 cm³/mol. The number of hydrogen-bond donors (Lipinski definition) is 1. The molecule has 0 saturated heterocycles. The van der Waals surface area contributed by atoms with Crippen molar-refractivity contribution in [2.45, 2.75) is 64.5 Å². The van der Waals surface area contributed by atoms with Gasteiger partial charge in [0, 0.05) is 24.7 Å². The highest BCUT2D eigenvalue weighted by atomic mass is 79.9. The van der Waals surface area contributed by atoms with Gasteiger partial charge < -0.3 is 19.3 Å². The van der Waals surface area contributed by atoms with Crippen molar-refractivity contribution < 1.29 is 38.1 Å². The van der Waals surface area contributed by atoms with Gasteiger partial charge in [-0.15, -0.1) is 0 Å². The highest BCUT2D eigenvalue weighted by Crippen LogP contribution is 2.41. The Bertz CT molecular complexity index is 1160. The predicted octanol–water partition coefficient (Wildman–Crippen LogP) is 6.21. The van der Waals surface area contributed by atoms with Crippen molar-refractivity contribution in [1.29, 1.82) is 0 Å². The molecule has 0 aromatic heterocycles. The SMILES string of the molecule is COC(=O)c1cc(Br)cc([C@]2(C)C=C(C(=O)O)SC(N(COCC[Si](C)(C)C)C(=O)OC(C)(C)C)=N2)c1F. The van der Waals surface area contributed by atoms with Crippen LogP contribution >= 0.6 is 27.7 Å². The lowest BCUT2D eigenvalue weighted by molar-refractivity contribution is -0.131. The number of amides is 1. The highest BCUT2D eigenvalue weighted by molar-refractivity contribution is 9.10. The number of halogens is 2. The summed E-state index contributed by atoms with van der Waals surface area (Å²) in [6, 6.07) is 3.50. The minimum Gasteiger partial charge on any atom is -0.477 e. The Morgan fingerprint density at radius 2 is 1.87 bits per heavy atom. The second-order valence-corrected chi connectivity index (χ2v) is 18.6. The van der Waals surface area contributed by atoms with Crippen LogP contribution in [0.2, 0.25) is 25.7 Å². The summed E-state index contributed by atoms with van der Waals surface area (Å²) in [6.45, 7) is 13.3. The van der Waals surface area contributed by atoms with Gasteiger partial charge >= 0.3 is 18.0 Å². The molecule has 2 rings (SSSR count). The number of aliphatic carboxylic acids is 1. The zero-order valence-electron chi connectivity index (χ0n) is 22.8. The van der Waals surface area contributed by atoms with Gasteiger partial charge in [-0.05, 0) is 63.7 Å². The third-order valence-electron chi connectivity index (χ3n) is 5.20. The molecule has 0 aliphatic carbocycles. The molecule has 9 nitrogen and oxygen atoms in total. The van der Waals surface area contributed by atoms with E-state index in [0.717, 1.165) is 29.8 Å². The number of hydrogen-bond acceptors (Lipinski definition) is 8. The van der Waals surface area contributed by atoms with Crippen LogP contribution in [0.5, 0.6) is 0 Å². The molecule has 1 amide bonds. The zero-order chi connectivity index (χ0) is 29.1. The van der Waals surface area contributed by atoms with Crippen LogP contribution < -0.4 is 0 Å². The second-order valence-electron chi connectivity index (χ2n) is 11.0. The number of benzene rings is 1. The number of thioether (sulfide) groups is 1. The van der Waals surface area contributed by atoms with Crippen molar-refractivity contribution in [3.63, 3.8) is 0 Å². The maximum atomic E-state index is 15.6. The number of aliphatic imine (C=N–C) groups is 1. The van der Waals surface area contributed by atoms with Crippen molar-refractivity contribution in [3.8, 4) is 0 Å². The number of methoxy groups -OCH3 is 1. The number of carbonyl (C=O) groups excluding carboxylic acids is 2. The van der Waals surface area contributed by atoms with Crippen molar-refractivity contribution in [3.05, 3.63) is 44.5 Å². The average molecular weight is 634 g/mol. The fraction of sp³-hybridized carbons (Fsp3) is 0.520. The molecule has 0 saturated carbocycles. The minimum atomic E-state index is -1.61. The minimum absolute atomic E-state index is 0.0475. The third-order valence-corrected chi connectivity index (χ3v) is 8.37. The van der Waals surface area contributed by atoms with Gasteiger partial charge in [0.05, 0.1) is 17.6 Å². The molecule has 1 aromatic carbocycles. The van der Waals surface area contributed by atoms with Gasteiger partial charge in [0.25, 0.3) is 0 Å². The maximum Gasteiger partial charge on any atom is 0.418 e. The molecular formula is C25H34BrFN2O7SSi. The molecular weight excluding hydrogens is 599 g/mol. The van der Waals surface area contributed by atoms with E-state index in [1.54, 1.807) is 20.8 Å². The summed E-state index contributed by atoms with van der Waals surface area (Å²) in [6.07, 6.45) is 0.477. The van der Waals surface area contributed by atoms with Crippen LogP contribution in [-0.4, -0.2) is 67.3 Å². The van der Waals surface area contributed by atoms with Crippen LogP contribution in [0, 0.1) is 5.82 Å². The molecule has 13 heteroatoms. The van der Waals surface area contributed by atoms with Gasteiger partial charge in [0.2, 0.25) is 0 Å². The molecule has 1 heterocycles. The van der Waals surface area contributed by atoms with E-state index >= 15 is 4.39 Å². The van der Waals surface area contributed by atoms with E-state index in [0.29, 0.717) is 11.1 Å². The summed E-state index contributed by atoms with van der Waals surface area (Å²) in [5.74, 6) is -3.12. The lowest BCUT2D eigenvalue weighted by Gasteiger charge is -2.33. The lowest BCUT2D eigenvalue weighted by atomic mass is 9.90. The second kappa shape index (κ2) is 12.3. The normalized spacial score (nSPS) is 17.8. The zero-order valence-corrected chi connectivity index (χ0v) is 26.2. The molecule has 0 unspecified atom stereocenters. The van der Waals surface area contributed by atoms with Crippen molar-refractivity contribution in [2.24, 2.45) is 4.99 Å². The molecule has 1 aromatic rings. The van der Waals surface area contributed by atoms with Crippen LogP contribution in [0.25, 0.3) is 0 Å². The van der Waals surface area contributed by atoms with Gasteiger partial charge in [-0.2, -0.15) is 0 Å². The Morgan fingerprint density at radius 1 is 1.24 bits per heavy atom. The van der Waals surface area contributed by atoms with E-state index < -0.39 is 43.1 Å². The fourth-order valence-corrected chi connectivity index (χ4v) is 5.51. The molecule has 38 heavy (non-hydrogen) atoms. The first-order valence-corrected chi connectivity index (χ1v) is 17.1. The Balaban J connectivity index is 2.63. The summed E-state index contributed by atoms with van der Waals surface area (Å²) in [7, 11) is -0.297. The van der Waals surface area contributed by atoms with Gasteiger partial charge in [0.15, 0.2) is 5.17 Å². The summed E-state index contributed by atoms with van der Waals surface area (Å²) in [5, 5.41) is 9.82. The molecule has 1 N–H and O–H groups in total. The third kappa shape index (κ3) is 8.65. The number of carboxylic acids is 1. The smallest absolute Gasteiger partial charge is 0.418 e. The molecule has 1 aliphatic rings. The van der Waals surface area contributed by atoms with Crippen LogP contribution in [0.1, 0.15) is 43.6 Å². The van der Waals surface area contributed by atoms with E-state index in [-0.39, 0.29) is 27.9 Å². The van der Waals surface area contributed by atoms with E-state index in [1.165, 1.54) is 25.1 Å². The number of rotatable bonds is 8. The Hall–Kier alpha value is -2.22. The first kappa shape index (κ1) is 32.0. The monoisotopic (exact) mass is 632 g/mol. The number of nitrogens with zero attached hydrogens (tertiary/aromatic N) is 2. The fourth-order valence-electron chi connectivity index (χ4n) is 3.25. The molecule has 0 spiro atoms. The maximum absolute atomic E-state index is 15.6. The van der Waals surface area contributed by atoms with Crippen molar-refractivity contribution in [2.75, 3.05) is 20.4 Å². The van der Waals surface area contributed by atoms with E-state index in [4.69, 9.17) is 14.2 Å². The topological polar surface area (TPSA) is 115 Å². The van der Waals surface area contributed by atoms with E-state index in [1.807, 2.05) is 0 Å². The Morgan fingerprint density at radius 3 is 2.39 bits per heavy atom. The standard InChI is InChI=1S/C25H34BrFN2O7SSi/c1-24(2,3)36-23(33)29(14-35-9-10-38(6,7)8)22-28-25(4,13-18(37-22)20(30)31)17-12-15(26)11-16(19(17)27)21(32)34-5/h11-13H,9-10,14H2,1-8H3,(H,30,31)/t25-/m0/s1. The molecule has 0 fully saturated rings. The summed E-state index contributed by atoms with van der Waals surface area (Å²) in [4.78, 5) is 43.0. The van der Waals surface area contributed by atoms with E-state index in [2.05, 4.69) is 40.6 Å². The van der Waals surface area contributed by atoms with Gasteiger partial charge in [-0.25, -0.2) is 28.7 Å². The van der Waals surface area contributed by atoms with Gasteiger partial charge in [0.1, 0.15) is 23.7 Å². The van der Waals surface area contributed by atoms with Crippen molar-refractivity contribution in [1.82, 2.24) is 4.90 Å². The largest absolute Gasteiger partial charge is 0.477 e. The van der Waals surface area contributed by atoms with E-state index in [9.17, 15) is 19.5 Å². The number of ether oxygens (including phenoxy) is 3. The molecule has 1 atom stereocenters. The lowest BCUT2D eigenvalue weighted by Crippen LogP contribution is -2.43. The summed E-state index contributed by atoms with van der Waals surface area (Å²) < 4.78 is 32.0. The molecule has 210 valence electrons. The first-order chi connectivity index (χ1) is 17.4.